The number of carbonyl (C=O) groups is 2. The molecule has 1 aromatic heterocycles. The maximum Gasteiger partial charge on any atom is 0.272 e. The Morgan fingerprint density at radius 1 is 1.14 bits per heavy atom. The summed E-state index contributed by atoms with van der Waals surface area (Å²) >= 11 is 0. The first-order valence-electron chi connectivity index (χ1n) is 9.95. The van der Waals surface area contributed by atoms with Gasteiger partial charge in [0, 0.05) is 39.3 Å². The van der Waals surface area contributed by atoms with Gasteiger partial charge in [0.2, 0.25) is 5.91 Å². The summed E-state index contributed by atoms with van der Waals surface area (Å²) in [4.78, 5) is 34.4. The Kier molecular flexibility index (Phi) is 5.80. The standard InChI is InChI=1S/C22H31N5O2/c1-22(2,3)18(21(29)25(4)5)24-20(28)17-16-14-26(6)12-13-27(16)19(23-17)15-10-8-7-9-11-15/h7-11,18H,12-14H2,1-6H3,(H,24,28). The van der Waals surface area contributed by atoms with Crippen LogP contribution in [0.1, 0.15) is 37.0 Å². The summed E-state index contributed by atoms with van der Waals surface area (Å²) in [5.41, 5.74) is 1.85. The number of rotatable bonds is 4. The second-order valence-electron chi connectivity index (χ2n) is 8.99. The van der Waals surface area contributed by atoms with Gasteiger partial charge in [0.15, 0.2) is 5.69 Å². The smallest absolute Gasteiger partial charge is 0.272 e. The summed E-state index contributed by atoms with van der Waals surface area (Å²) in [7, 11) is 5.44. The lowest BCUT2D eigenvalue weighted by atomic mass is 9.85. The van der Waals surface area contributed by atoms with Crippen LogP contribution in [0.15, 0.2) is 30.3 Å². The Balaban J connectivity index is 2.00. The minimum absolute atomic E-state index is 0.126. The van der Waals surface area contributed by atoms with E-state index >= 15 is 0 Å². The molecule has 0 saturated heterocycles. The zero-order valence-corrected chi connectivity index (χ0v) is 18.2. The van der Waals surface area contributed by atoms with Gasteiger partial charge in [-0.05, 0) is 12.5 Å². The van der Waals surface area contributed by atoms with Crippen molar-refractivity contribution in [3.05, 3.63) is 41.7 Å². The molecule has 2 aromatic rings. The highest BCUT2D eigenvalue weighted by atomic mass is 16.2. The van der Waals surface area contributed by atoms with Crippen molar-refractivity contribution in [3.63, 3.8) is 0 Å². The molecule has 7 nitrogen and oxygen atoms in total. The molecule has 7 heteroatoms. The first-order valence-corrected chi connectivity index (χ1v) is 9.95. The van der Waals surface area contributed by atoms with Gasteiger partial charge in [-0.1, -0.05) is 51.1 Å². The van der Waals surface area contributed by atoms with Gasteiger partial charge in [-0.2, -0.15) is 0 Å². The fourth-order valence-electron chi connectivity index (χ4n) is 3.59. The molecule has 156 valence electrons. The van der Waals surface area contributed by atoms with E-state index in [0.29, 0.717) is 12.2 Å². The van der Waals surface area contributed by atoms with Gasteiger partial charge >= 0.3 is 0 Å². The molecule has 0 aliphatic carbocycles. The molecular weight excluding hydrogens is 366 g/mol. The van der Waals surface area contributed by atoms with Crippen molar-refractivity contribution in [1.29, 1.82) is 0 Å². The number of carbonyl (C=O) groups excluding carboxylic acids is 2. The molecule has 2 amide bonds. The highest BCUT2D eigenvalue weighted by molar-refractivity contribution is 5.97. The minimum Gasteiger partial charge on any atom is -0.347 e. The van der Waals surface area contributed by atoms with Crippen LogP contribution in [0.2, 0.25) is 0 Å². The Labute approximate surface area is 172 Å². The Morgan fingerprint density at radius 3 is 2.38 bits per heavy atom. The van der Waals surface area contributed by atoms with Crippen molar-refractivity contribution in [2.24, 2.45) is 5.41 Å². The monoisotopic (exact) mass is 397 g/mol. The molecule has 1 aliphatic heterocycles. The van der Waals surface area contributed by atoms with Gasteiger partial charge in [-0.25, -0.2) is 4.98 Å². The number of benzene rings is 1. The predicted octanol–water partition coefficient (Wildman–Crippen LogP) is 2.23. The number of hydrogen-bond donors (Lipinski definition) is 1. The number of nitrogens with one attached hydrogen (secondary N) is 1. The molecular formula is C22H31N5O2. The van der Waals surface area contributed by atoms with Crippen LogP contribution in [0.25, 0.3) is 11.4 Å². The largest absolute Gasteiger partial charge is 0.347 e. The zero-order valence-electron chi connectivity index (χ0n) is 18.2. The normalized spacial score (nSPS) is 15.5. The van der Waals surface area contributed by atoms with Crippen LogP contribution in [0.4, 0.5) is 0 Å². The average Bonchev–Trinajstić information content (AvgIpc) is 3.03. The van der Waals surface area contributed by atoms with E-state index in [-0.39, 0.29) is 11.8 Å². The Morgan fingerprint density at radius 2 is 1.79 bits per heavy atom. The lowest BCUT2D eigenvalue weighted by Crippen LogP contribution is -2.53. The Bertz CT molecular complexity index is 896. The molecule has 1 aliphatic rings. The van der Waals surface area contributed by atoms with Crippen LogP contribution < -0.4 is 5.32 Å². The zero-order chi connectivity index (χ0) is 21.3. The maximum absolute atomic E-state index is 13.3. The third kappa shape index (κ3) is 4.34. The van der Waals surface area contributed by atoms with Crippen LogP contribution in [-0.2, 0) is 17.9 Å². The van der Waals surface area contributed by atoms with E-state index in [1.807, 2.05) is 58.2 Å². The average molecular weight is 398 g/mol. The van der Waals surface area contributed by atoms with Gasteiger partial charge in [-0.15, -0.1) is 0 Å². The fraction of sp³-hybridized carbons (Fsp3) is 0.500. The molecule has 29 heavy (non-hydrogen) atoms. The van der Waals surface area contributed by atoms with E-state index < -0.39 is 11.5 Å². The van der Waals surface area contributed by atoms with Crippen molar-refractivity contribution in [2.75, 3.05) is 27.7 Å². The SMILES string of the molecule is CN1CCn2c(-c3ccccc3)nc(C(=O)NC(C(=O)N(C)C)C(C)(C)C)c2C1. The highest BCUT2D eigenvalue weighted by Gasteiger charge is 2.36. The molecule has 1 unspecified atom stereocenters. The van der Waals surface area contributed by atoms with Crippen molar-refractivity contribution in [1.82, 2.24) is 24.7 Å². The van der Waals surface area contributed by atoms with E-state index in [1.165, 1.54) is 4.90 Å². The molecule has 0 spiro atoms. The second-order valence-corrected chi connectivity index (χ2v) is 8.99. The van der Waals surface area contributed by atoms with Crippen LogP contribution in [0.3, 0.4) is 0 Å². The van der Waals surface area contributed by atoms with Crippen LogP contribution >= 0.6 is 0 Å². The van der Waals surface area contributed by atoms with E-state index in [2.05, 4.69) is 14.8 Å². The molecule has 0 bridgehead atoms. The number of likely N-dealkylation sites (N-methyl/N-ethyl adjacent to an activating group) is 2. The number of aromatic nitrogens is 2. The number of imidazole rings is 1. The summed E-state index contributed by atoms with van der Waals surface area (Å²) < 4.78 is 2.13. The van der Waals surface area contributed by atoms with Gasteiger partial charge in [0.1, 0.15) is 11.9 Å². The molecule has 1 atom stereocenters. The topological polar surface area (TPSA) is 70.5 Å². The number of amides is 2. The third-order valence-electron chi connectivity index (χ3n) is 5.27. The van der Waals surface area contributed by atoms with Gasteiger partial charge in [0.05, 0.1) is 5.69 Å². The molecule has 0 fully saturated rings. The lowest BCUT2D eigenvalue weighted by Gasteiger charge is -2.32. The van der Waals surface area contributed by atoms with Gasteiger partial charge < -0.3 is 14.8 Å². The van der Waals surface area contributed by atoms with Crippen molar-refractivity contribution in [2.45, 2.75) is 39.9 Å². The van der Waals surface area contributed by atoms with Crippen molar-refractivity contribution < 1.29 is 9.59 Å². The number of nitrogens with zero attached hydrogens (tertiary/aromatic N) is 4. The second kappa shape index (κ2) is 7.99. The maximum atomic E-state index is 13.3. The summed E-state index contributed by atoms with van der Waals surface area (Å²) in [5.74, 6) is 0.366. The summed E-state index contributed by atoms with van der Waals surface area (Å²) in [6.07, 6.45) is 0. The fourth-order valence-corrected chi connectivity index (χ4v) is 3.59. The number of fused-ring (bicyclic) bond motifs is 1. The van der Waals surface area contributed by atoms with E-state index in [4.69, 9.17) is 4.98 Å². The summed E-state index contributed by atoms with van der Waals surface area (Å²) in [6.45, 7) is 8.16. The predicted molar refractivity (Wildman–Crippen MR) is 113 cm³/mol. The quantitative estimate of drug-likeness (QED) is 0.859. The molecule has 1 aromatic carbocycles. The number of hydrogen-bond acceptors (Lipinski definition) is 4. The highest BCUT2D eigenvalue weighted by Crippen LogP contribution is 2.27. The van der Waals surface area contributed by atoms with E-state index in [1.54, 1.807) is 14.1 Å². The van der Waals surface area contributed by atoms with Crippen LogP contribution in [-0.4, -0.2) is 64.9 Å². The van der Waals surface area contributed by atoms with E-state index in [0.717, 1.165) is 30.2 Å². The molecule has 0 radical (unpaired) electrons. The van der Waals surface area contributed by atoms with Crippen molar-refractivity contribution in [3.8, 4) is 11.4 Å². The molecule has 3 rings (SSSR count). The van der Waals surface area contributed by atoms with Crippen LogP contribution in [0.5, 0.6) is 0 Å². The van der Waals surface area contributed by atoms with Gasteiger partial charge in [0.25, 0.3) is 5.91 Å². The summed E-state index contributed by atoms with van der Waals surface area (Å²) in [5, 5.41) is 2.96. The van der Waals surface area contributed by atoms with Crippen LogP contribution in [0, 0.1) is 5.41 Å². The van der Waals surface area contributed by atoms with Gasteiger partial charge in [-0.3, -0.25) is 14.5 Å². The lowest BCUT2D eigenvalue weighted by molar-refractivity contribution is -0.133. The first-order chi connectivity index (χ1) is 13.6. The van der Waals surface area contributed by atoms with E-state index in [9.17, 15) is 9.59 Å². The van der Waals surface area contributed by atoms with Crippen molar-refractivity contribution >= 4 is 11.8 Å². The molecule has 1 N–H and O–H groups in total. The third-order valence-corrected chi connectivity index (χ3v) is 5.27. The summed E-state index contributed by atoms with van der Waals surface area (Å²) in [6, 6.07) is 9.27. The first kappa shape index (κ1) is 21.0. The molecule has 0 saturated carbocycles. The Hall–Kier alpha value is -2.67. The molecule has 2 heterocycles. The minimum atomic E-state index is -0.635.